The summed E-state index contributed by atoms with van der Waals surface area (Å²) < 4.78 is 5.97. The lowest BCUT2D eigenvalue weighted by atomic mass is 10.1. The van der Waals surface area contributed by atoms with Gasteiger partial charge in [0.15, 0.2) is 0 Å². The van der Waals surface area contributed by atoms with Gasteiger partial charge in [0.2, 0.25) is 8.32 Å². The van der Waals surface area contributed by atoms with Gasteiger partial charge in [-0.05, 0) is 36.3 Å². The fraction of sp³-hybridized carbons (Fsp3) is 0.429. The second-order valence-corrected chi connectivity index (χ2v) is 10.9. The molecule has 0 aliphatic carbocycles. The van der Waals surface area contributed by atoms with Gasteiger partial charge in [0.25, 0.3) is 0 Å². The van der Waals surface area contributed by atoms with E-state index in [4.69, 9.17) is 14.6 Å². The molecular weight excluding hydrogens is 276 g/mol. The van der Waals surface area contributed by atoms with E-state index in [2.05, 4.69) is 20.8 Å². The van der Waals surface area contributed by atoms with Crippen LogP contribution in [0.3, 0.4) is 0 Å². The summed E-state index contributed by atoms with van der Waals surface area (Å²) in [5.74, 6) is -2.14. The lowest BCUT2D eigenvalue weighted by Gasteiger charge is -2.36. The number of carboxylic acid groups (broad SMARTS) is 2. The van der Waals surface area contributed by atoms with Crippen molar-refractivity contribution >= 4 is 20.3 Å². The SMILES string of the molecule is CC(C)(C)[Si](C)(C)Oc1ccc(C(=O)O)c(C(=O)O)c1. The van der Waals surface area contributed by atoms with Gasteiger partial charge in [-0.15, -0.1) is 0 Å². The Morgan fingerprint density at radius 2 is 1.55 bits per heavy atom. The Bertz CT molecular complexity index is 543. The molecule has 0 aliphatic heterocycles. The van der Waals surface area contributed by atoms with E-state index in [9.17, 15) is 9.59 Å². The van der Waals surface area contributed by atoms with Crippen LogP contribution in [0.1, 0.15) is 41.5 Å². The van der Waals surface area contributed by atoms with Gasteiger partial charge in [-0.3, -0.25) is 0 Å². The maximum atomic E-state index is 11.1. The quantitative estimate of drug-likeness (QED) is 0.831. The zero-order valence-electron chi connectivity index (χ0n) is 12.4. The number of carbonyl (C=O) groups is 2. The summed E-state index contributed by atoms with van der Waals surface area (Å²) in [6.45, 7) is 10.3. The Balaban J connectivity index is 3.20. The largest absolute Gasteiger partial charge is 0.543 e. The normalized spacial score (nSPS) is 12.1. The molecule has 110 valence electrons. The lowest BCUT2D eigenvalue weighted by Crippen LogP contribution is -2.43. The molecule has 0 atom stereocenters. The summed E-state index contributed by atoms with van der Waals surface area (Å²) >= 11 is 0. The van der Waals surface area contributed by atoms with Crippen LogP contribution in [0, 0.1) is 0 Å². The van der Waals surface area contributed by atoms with Crippen molar-refractivity contribution in [2.24, 2.45) is 0 Å². The summed E-state index contributed by atoms with van der Waals surface area (Å²) in [5.41, 5.74) is -0.492. The van der Waals surface area contributed by atoms with Gasteiger partial charge < -0.3 is 14.6 Å². The van der Waals surface area contributed by atoms with Crippen molar-refractivity contribution in [3.8, 4) is 5.75 Å². The minimum absolute atomic E-state index is 0.0259. The van der Waals surface area contributed by atoms with Crippen molar-refractivity contribution in [1.82, 2.24) is 0 Å². The molecule has 0 aromatic heterocycles. The molecule has 20 heavy (non-hydrogen) atoms. The van der Waals surface area contributed by atoms with Crippen LogP contribution in [0.2, 0.25) is 18.1 Å². The Morgan fingerprint density at radius 3 is 1.95 bits per heavy atom. The second kappa shape index (κ2) is 5.28. The van der Waals surface area contributed by atoms with Crippen LogP contribution in [0.5, 0.6) is 5.75 Å². The van der Waals surface area contributed by atoms with E-state index in [0.29, 0.717) is 5.75 Å². The summed E-state index contributed by atoms with van der Waals surface area (Å²) in [6, 6.07) is 4.07. The van der Waals surface area contributed by atoms with E-state index in [-0.39, 0.29) is 16.2 Å². The van der Waals surface area contributed by atoms with Crippen molar-refractivity contribution in [3.05, 3.63) is 29.3 Å². The Labute approximate surface area is 119 Å². The molecule has 1 aromatic rings. The fourth-order valence-electron chi connectivity index (χ4n) is 1.40. The molecule has 5 nitrogen and oxygen atoms in total. The number of hydrogen-bond donors (Lipinski definition) is 2. The third kappa shape index (κ3) is 3.39. The molecular formula is C14H20O5Si. The highest BCUT2D eigenvalue weighted by molar-refractivity contribution is 6.74. The van der Waals surface area contributed by atoms with Crippen LogP contribution >= 0.6 is 0 Å². The fourth-order valence-corrected chi connectivity index (χ4v) is 2.42. The third-order valence-electron chi connectivity index (χ3n) is 3.63. The van der Waals surface area contributed by atoms with E-state index in [1.165, 1.54) is 18.2 Å². The summed E-state index contributed by atoms with van der Waals surface area (Å²) in [7, 11) is -2.09. The molecule has 0 spiro atoms. The van der Waals surface area contributed by atoms with Crippen LogP contribution in [-0.2, 0) is 0 Å². The molecule has 0 amide bonds. The topological polar surface area (TPSA) is 83.8 Å². The summed E-state index contributed by atoms with van der Waals surface area (Å²) in [5, 5.41) is 18.0. The minimum atomic E-state index is -2.09. The van der Waals surface area contributed by atoms with Gasteiger partial charge in [0.05, 0.1) is 11.1 Å². The van der Waals surface area contributed by atoms with E-state index in [1.54, 1.807) is 0 Å². The molecule has 6 heteroatoms. The first-order valence-corrected chi connectivity index (χ1v) is 9.16. The first-order valence-electron chi connectivity index (χ1n) is 6.25. The smallest absolute Gasteiger partial charge is 0.336 e. The number of benzene rings is 1. The number of hydrogen-bond acceptors (Lipinski definition) is 3. The van der Waals surface area contributed by atoms with E-state index < -0.39 is 20.3 Å². The van der Waals surface area contributed by atoms with Crippen LogP contribution in [0.15, 0.2) is 18.2 Å². The van der Waals surface area contributed by atoms with Gasteiger partial charge in [-0.2, -0.15) is 0 Å². The van der Waals surface area contributed by atoms with E-state index >= 15 is 0 Å². The maximum Gasteiger partial charge on any atom is 0.336 e. The molecule has 0 unspecified atom stereocenters. The zero-order valence-corrected chi connectivity index (χ0v) is 13.4. The molecule has 0 saturated heterocycles. The van der Waals surface area contributed by atoms with Gasteiger partial charge in [-0.25, -0.2) is 9.59 Å². The second-order valence-electron chi connectivity index (χ2n) is 6.18. The van der Waals surface area contributed by atoms with Crippen molar-refractivity contribution in [3.63, 3.8) is 0 Å². The van der Waals surface area contributed by atoms with E-state index in [0.717, 1.165) is 0 Å². The van der Waals surface area contributed by atoms with Crippen LogP contribution < -0.4 is 4.43 Å². The lowest BCUT2D eigenvalue weighted by molar-refractivity contribution is 0.0651. The van der Waals surface area contributed by atoms with Gasteiger partial charge >= 0.3 is 11.9 Å². The first kappa shape index (κ1) is 16.2. The monoisotopic (exact) mass is 296 g/mol. The van der Waals surface area contributed by atoms with Crippen molar-refractivity contribution in [1.29, 1.82) is 0 Å². The molecule has 0 saturated carbocycles. The number of carboxylic acids is 2. The zero-order chi connectivity index (χ0) is 15.7. The highest BCUT2D eigenvalue weighted by atomic mass is 28.4. The van der Waals surface area contributed by atoms with Crippen molar-refractivity contribution < 1.29 is 24.2 Å². The van der Waals surface area contributed by atoms with E-state index in [1.807, 2.05) is 13.1 Å². The molecule has 0 radical (unpaired) electrons. The highest BCUT2D eigenvalue weighted by Gasteiger charge is 2.39. The molecule has 2 N–H and O–H groups in total. The minimum Gasteiger partial charge on any atom is -0.543 e. The Kier molecular flexibility index (Phi) is 4.29. The summed E-state index contributed by atoms with van der Waals surface area (Å²) in [6.07, 6.45) is 0. The van der Waals surface area contributed by atoms with Crippen LogP contribution in [-0.4, -0.2) is 30.5 Å². The van der Waals surface area contributed by atoms with Gasteiger partial charge in [-0.1, -0.05) is 20.8 Å². The summed E-state index contributed by atoms with van der Waals surface area (Å²) in [4.78, 5) is 22.1. The van der Waals surface area contributed by atoms with Crippen molar-refractivity contribution in [2.45, 2.75) is 38.9 Å². The Hall–Kier alpha value is -1.82. The molecule has 1 rings (SSSR count). The number of rotatable bonds is 4. The third-order valence-corrected chi connectivity index (χ3v) is 7.99. The molecule has 0 aliphatic rings. The predicted octanol–water partition coefficient (Wildman–Crippen LogP) is 3.47. The average molecular weight is 296 g/mol. The maximum absolute atomic E-state index is 11.1. The molecule has 0 fully saturated rings. The molecule has 0 heterocycles. The first-order chi connectivity index (χ1) is 8.95. The Morgan fingerprint density at radius 1 is 1.05 bits per heavy atom. The number of aromatic carboxylic acids is 2. The highest BCUT2D eigenvalue weighted by Crippen LogP contribution is 2.37. The predicted molar refractivity (Wildman–Crippen MR) is 78.2 cm³/mol. The average Bonchev–Trinajstić information content (AvgIpc) is 2.26. The standard InChI is InChI=1S/C14H20O5Si/c1-14(2,3)20(4,5)19-9-6-7-10(12(15)16)11(8-9)13(17)18/h6-8H,1-5H3,(H,15,16)(H,17,18). The van der Waals surface area contributed by atoms with Gasteiger partial charge in [0.1, 0.15) is 5.75 Å². The van der Waals surface area contributed by atoms with Crippen molar-refractivity contribution in [2.75, 3.05) is 0 Å². The molecule has 0 bridgehead atoms. The van der Waals surface area contributed by atoms with Crippen LogP contribution in [0.4, 0.5) is 0 Å². The van der Waals surface area contributed by atoms with Crippen LogP contribution in [0.25, 0.3) is 0 Å². The van der Waals surface area contributed by atoms with Gasteiger partial charge in [0, 0.05) is 0 Å². The molecule has 1 aromatic carbocycles.